The predicted molar refractivity (Wildman–Crippen MR) is 84.2 cm³/mol. The van der Waals surface area contributed by atoms with Crippen LogP contribution in [0, 0.1) is 16.0 Å². The van der Waals surface area contributed by atoms with Gasteiger partial charge in [-0.05, 0) is 37.4 Å². The molecule has 1 saturated heterocycles. The van der Waals surface area contributed by atoms with Gasteiger partial charge in [-0.2, -0.15) is 0 Å². The fraction of sp³-hybridized carbons (Fsp3) is 0.625. The SMILES string of the molecule is CC(C)C(CNCc1ccc([N+](=O)[O-])cc1)N1CCCC1. The fourth-order valence-corrected chi connectivity index (χ4v) is 2.96. The summed E-state index contributed by atoms with van der Waals surface area (Å²) in [5.41, 5.74) is 1.24. The second-order valence-corrected chi connectivity index (χ2v) is 6.11. The Hall–Kier alpha value is -1.46. The molecule has 0 radical (unpaired) electrons. The van der Waals surface area contributed by atoms with Gasteiger partial charge in [-0.25, -0.2) is 0 Å². The molecule has 2 rings (SSSR count). The lowest BCUT2D eigenvalue weighted by atomic mass is 10.0. The van der Waals surface area contributed by atoms with E-state index in [0.29, 0.717) is 12.0 Å². The third kappa shape index (κ3) is 4.51. The average molecular weight is 291 g/mol. The first-order valence-electron chi connectivity index (χ1n) is 7.76. The monoisotopic (exact) mass is 291 g/mol. The van der Waals surface area contributed by atoms with Gasteiger partial charge in [-0.3, -0.25) is 15.0 Å². The highest BCUT2D eigenvalue weighted by molar-refractivity contribution is 5.32. The maximum absolute atomic E-state index is 10.6. The summed E-state index contributed by atoms with van der Waals surface area (Å²) in [6.07, 6.45) is 2.62. The fourth-order valence-electron chi connectivity index (χ4n) is 2.96. The Morgan fingerprint density at radius 1 is 1.24 bits per heavy atom. The number of non-ortho nitro benzene ring substituents is 1. The summed E-state index contributed by atoms with van der Waals surface area (Å²) < 4.78 is 0. The van der Waals surface area contributed by atoms with Crippen LogP contribution in [0.25, 0.3) is 0 Å². The van der Waals surface area contributed by atoms with Gasteiger partial charge in [0, 0.05) is 31.3 Å². The number of likely N-dealkylation sites (tertiary alicyclic amines) is 1. The summed E-state index contributed by atoms with van der Waals surface area (Å²) in [6.45, 7) is 8.70. The van der Waals surface area contributed by atoms with E-state index in [9.17, 15) is 10.1 Å². The molecule has 5 heteroatoms. The van der Waals surface area contributed by atoms with Crippen LogP contribution in [0.5, 0.6) is 0 Å². The number of nitrogens with zero attached hydrogens (tertiary/aromatic N) is 2. The molecule has 0 amide bonds. The Morgan fingerprint density at radius 2 is 1.86 bits per heavy atom. The van der Waals surface area contributed by atoms with E-state index in [1.54, 1.807) is 12.1 Å². The molecule has 1 aliphatic rings. The molecular weight excluding hydrogens is 266 g/mol. The van der Waals surface area contributed by atoms with Crippen molar-refractivity contribution < 1.29 is 4.92 Å². The van der Waals surface area contributed by atoms with Crippen LogP contribution in [0.15, 0.2) is 24.3 Å². The highest BCUT2D eigenvalue weighted by Gasteiger charge is 2.23. The molecule has 0 bridgehead atoms. The molecule has 1 fully saturated rings. The van der Waals surface area contributed by atoms with Crippen molar-refractivity contribution in [2.24, 2.45) is 5.92 Å². The minimum absolute atomic E-state index is 0.149. The van der Waals surface area contributed by atoms with Crippen molar-refractivity contribution >= 4 is 5.69 Å². The molecule has 1 aromatic rings. The summed E-state index contributed by atoms with van der Waals surface area (Å²) in [7, 11) is 0. The zero-order valence-electron chi connectivity index (χ0n) is 12.9. The van der Waals surface area contributed by atoms with Crippen LogP contribution in [-0.2, 0) is 6.54 Å². The Kier molecular flexibility index (Phi) is 5.70. The minimum Gasteiger partial charge on any atom is -0.311 e. The van der Waals surface area contributed by atoms with Crippen LogP contribution in [0.4, 0.5) is 5.69 Å². The second-order valence-electron chi connectivity index (χ2n) is 6.11. The first-order valence-corrected chi connectivity index (χ1v) is 7.76. The molecule has 1 aliphatic heterocycles. The number of nitro benzene ring substituents is 1. The number of hydrogen-bond acceptors (Lipinski definition) is 4. The number of nitrogens with one attached hydrogen (secondary N) is 1. The van der Waals surface area contributed by atoms with Crippen molar-refractivity contribution in [1.82, 2.24) is 10.2 Å². The normalized spacial score (nSPS) is 17.3. The van der Waals surface area contributed by atoms with Crippen molar-refractivity contribution in [2.45, 2.75) is 39.3 Å². The average Bonchev–Trinajstić information content (AvgIpc) is 2.97. The number of benzene rings is 1. The Labute approximate surface area is 126 Å². The maximum atomic E-state index is 10.6. The highest BCUT2D eigenvalue weighted by atomic mass is 16.6. The molecule has 21 heavy (non-hydrogen) atoms. The molecule has 0 aromatic heterocycles. The van der Waals surface area contributed by atoms with E-state index in [-0.39, 0.29) is 10.6 Å². The zero-order chi connectivity index (χ0) is 15.2. The van der Waals surface area contributed by atoms with Gasteiger partial charge in [0.05, 0.1) is 4.92 Å². The molecule has 0 spiro atoms. The topological polar surface area (TPSA) is 58.4 Å². The van der Waals surface area contributed by atoms with Gasteiger partial charge >= 0.3 is 0 Å². The molecule has 1 heterocycles. The van der Waals surface area contributed by atoms with Crippen molar-refractivity contribution in [2.75, 3.05) is 19.6 Å². The smallest absolute Gasteiger partial charge is 0.269 e. The van der Waals surface area contributed by atoms with Crippen molar-refractivity contribution in [3.63, 3.8) is 0 Å². The highest BCUT2D eigenvalue weighted by Crippen LogP contribution is 2.17. The van der Waals surface area contributed by atoms with Gasteiger partial charge in [0.1, 0.15) is 0 Å². The molecule has 5 nitrogen and oxygen atoms in total. The third-order valence-corrected chi connectivity index (χ3v) is 4.21. The lowest BCUT2D eigenvalue weighted by molar-refractivity contribution is -0.384. The van der Waals surface area contributed by atoms with Crippen LogP contribution in [0.3, 0.4) is 0 Å². The Bertz CT molecular complexity index is 453. The molecule has 1 unspecified atom stereocenters. The van der Waals surface area contributed by atoms with E-state index in [2.05, 4.69) is 24.1 Å². The standard InChI is InChI=1S/C16H25N3O2/c1-13(2)16(18-9-3-4-10-18)12-17-11-14-5-7-15(8-6-14)19(20)21/h5-8,13,16-17H,3-4,9-12H2,1-2H3. The molecule has 0 aliphatic carbocycles. The lowest BCUT2D eigenvalue weighted by Gasteiger charge is -2.31. The number of rotatable bonds is 7. The van der Waals surface area contributed by atoms with Gasteiger partial charge in [0.2, 0.25) is 0 Å². The molecule has 116 valence electrons. The summed E-state index contributed by atoms with van der Waals surface area (Å²) >= 11 is 0. The summed E-state index contributed by atoms with van der Waals surface area (Å²) in [5, 5.41) is 14.1. The van der Waals surface area contributed by atoms with E-state index < -0.39 is 0 Å². The van der Waals surface area contributed by atoms with E-state index in [1.807, 2.05) is 12.1 Å². The van der Waals surface area contributed by atoms with Gasteiger partial charge in [0.25, 0.3) is 5.69 Å². The Balaban J connectivity index is 1.82. The van der Waals surface area contributed by atoms with Gasteiger partial charge < -0.3 is 5.32 Å². The van der Waals surface area contributed by atoms with E-state index in [1.165, 1.54) is 25.9 Å². The number of hydrogen-bond donors (Lipinski definition) is 1. The largest absolute Gasteiger partial charge is 0.311 e. The summed E-state index contributed by atoms with van der Waals surface area (Å²) in [6, 6.07) is 7.36. The minimum atomic E-state index is -0.362. The summed E-state index contributed by atoms with van der Waals surface area (Å²) in [5.74, 6) is 0.632. The molecule has 0 saturated carbocycles. The van der Waals surface area contributed by atoms with Crippen LogP contribution >= 0.6 is 0 Å². The zero-order valence-corrected chi connectivity index (χ0v) is 12.9. The van der Waals surface area contributed by atoms with Crippen molar-refractivity contribution in [3.05, 3.63) is 39.9 Å². The molecule has 1 N–H and O–H groups in total. The van der Waals surface area contributed by atoms with E-state index >= 15 is 0 Å². The van der Waals surface area contributed by atoms with E-state index in [4.69, 9.17) is 0 Å². The first kappa shape index (κ1) is 15.9. The summed E-state index contributed by atoms with van der Waals surface area (Å²) in [4.78, 5) is 12.8. The van der Waals surface area contributed by atoms with Crippen LogP contribution < -0.4 is 5.32 Å². The molecule has 1 aromatic carbocycles. The van der Waals surface area contributed by atoms with Crippen LogP contribution in [0.2, 0.25) is 0 Å². The predicted octanol–water partition coefficient (Wildman–Crippen LogP) is 2.80. The van der Waals surface area contributed by atoms with Crippen molar-refractivity contribution in [1.29, 1.82) is 0 Å². The van der Waals surface area contributed by atoms with Crippen LogP contribution in [0.1, 0.15) is 32.3 Å². The van der Waals surface area contributed by atoms with E-state index in [0.717, 1.165) is 18.7 Å². The van der Waals surface area contributed by atoms with Crippen molar-refractivity contribution in [3.8, 4) is 0 Å². The maximum Gasteiger partial charge on any atom is 0.269 e. The number of nitro groups is 1. The lowest BCUT2D eigenvalue weighted by Crippen LogP contribution is -2.44. The quantitative estimate of drug-likeness (QED) is 0.620. The molecular formula is C16H25N3O2. The first-order chi connectivity index (χ1) is 10.1. The van der Waals surface area contributed by atoms with Gasteiger partial charge in [0.15, 0.2) is 0 Å². The molecule has 1 atom stereocenters. The second kappa shape index (κ2) is 7.52. The van der Waals surface area contributed by atoms with Gasteiger partial charge in [-0.15, -0.1) is 0 Å². The van der Waals surface area contributed by atoms with Gasteiger partial charge in [-0.1, -0.05) is 26.0 Å². The van der Waals surface area contributed by atoms with Crippen LogP contribution in [-0.4, -0.2) is 35.5 Å². The Morgan fingerprint density at radius 3 is 2.38 bits per heavy atom. The third-order valence-electron chi connectivity index (χ3n) is 4.21.